The van der Waals surface area contributed by atoms with E-state index in [0.717, 1.165) is 30.3 Å². The van der Waals surface area contributed by atoms with E-state index in [1.165, 1.54) is 30.3 Å². The van der Waals surface area contributed by atoms with E-state index in [4.69, 9.17) is 11.6 Å². The van der Waals surface area contributed by atoms with Crippen LogP contribution >= 0.6 is 11.6 Å². The maximum atomic E-state index is 12.8. The van der Waals surface area contributed by atoms with E-state index in [1.807, 2.05) is 0 Å². The molecule has 0 fully saturated rings. The summed E-state index contributed by atoms with van der Waals surface area (Å²) in [6.45, 7) is 0. The predicted octanol–water partition coefficient (Wildman–Crippen LogP) is 5.32. The lowest BCUT2D eigenvalue weighted by Crippen LogP contribution is -2.15. The second kappa shape index (κ2) is 9.08. The zero-order valence-electron chi connectivity index (χ0n) is 16.3. The molecule has 0 saturated heterocycles. The number of hydrogen-bond donors (Lipinski definition) is 2. The molecule has 3 aromatic carbocycles. The standard InChI is InChI=1S/C20H13ClF3N3O5S/c21-17-9-4-12(10-18(17)27(29)30)19(28)25-14-5-7-16(8-6-14)33(31,32)26-15-3-1-2-13(11-15)20(22,23)24/h1-11,26H,(H,25,28). The molecule has 0 aliphatic rings. The second-order valence-corrected chi connectivity index (χ2v) is 8.68. The molecule has 1 amide bonds. The van der Waals surface area contributed by atoms with Crippen LogP contribution in [-0.2, 0) is 16.2 Å². The third-order valence-electron chi connectivity index (χ3n) is 4.27. The van der Waals surface area contributed by atoms with Gasteiger partial charge in [0.1, 0.15) is 5.02 Å². The maximum absolute atomic E-state index is 12.8. The number of hydrogen-bond acceptors (Lipinski definition) is 5. The summed E-state index contributed by atoms with van der Waals surface area (Å²) in [5, 5.41) is 13.3. The fraction of sp³-hybridized carbons (Fsp3) is 0.0500. The van der Waals surface area contributed by atoms with E-state index in [0.29, 0.717) is 6.07 Å². The van der Waals surface area contributed by atoms with Crippen LogP contribution in [0.4, 0.5) is 30.2 Å². The number of benzene rings is 3. The average Bonchev–Trinajstić information content (AvgIpc) is 2.73. The van der Waals surface area contributed by atoms with Crippen LogP contribution in [0.15, 0.2) is 71.6 Å². The lowest BCUT2D eigenvalue weighted by molar-refractivity contribution is -0.384. The van der Waals surface area contributed by atoms with E-state index >= 15 is 0 Å². The van der Waals surface area contributed by atoms with Gasteiger partial charge in [-0.05, 0) is 54.6 Å². The molecular weight excluding hydrogens is 487 g/mol. The molecule has 0 radical (unpaired) electrons. The lowest BCUT2D eigenvalue weighted by Gasteiger charge is -2.12. The van der Waals surface area contributed by atoms with E-state index in [1.54, 1.807) is 0 Å². The molecule has 33 heavy (non-hydrogen) atoms. The molecule has 0 aromatic heterocycles. The van der Waals surface area contributed by atoms with Crippen molar-refractivity contribution in [2.24, 2.45) is 0 Å². The maximum Gasteiger partial charge on any atom is 0.416 e. The first-order chi connectivity index (χ1) is 15.4. The van der Waals surface area contributed by atoms with Crippen molar-refractivity contribution in [1.82, 2.24) is 0 Å². The lowest BCUT2D eigenvalue weighted by atomic mass is 10.2. The minimum atomic E-state index is -4.63. The Bertz CT molecular complexity index is 1330. The summed E-state index contributed by atoms with van der Waals surface area (Å²) in [7, 11) is -4.21. The fourth-order valence-corrected chi connectivity index (χ4v) is 3.92. The summed E-state index contributed by atoms with van der Waals surface area (Å²) in [6.07, 6.45) is -4.63. The number of sulfonamides is 1. The summed E-state index contributed by atoms with van der Waals surface area (Å²) in [4.78, 5) is 22.3. The smallest absolute Gasteiger partial charge is 0.322 e. The van der Waals surface area contributed by atoms with Gasteiger partial charge in [0.15, 0.2) is 0 Å². The molecule has 13 heteroatoms. The van der Waals surface area contributed by atoms with Crippen molar-refractivity contribution in [2.45, 2.75) is 11.1 Å². The Kier molecular flexibility index (Phi) is 6.60. The predicted molar refractivity (Wildman–Crippen MR) is 115 cm³/mol. The molecule has 0 atom stereocenters. The van der Waals surface area contributed by atoms with Gasteiger partial charge in [0.2, 0.25) is 0 Å². The van der Waals surface area contributed by atoms with Gasteiger partial charge in [-0.25, -0.2) is 8.42 Å². The first kappa shape index (κ1) is 24.0. The van der Waals surface area contributed by atoms with Gasteiger partial charge in [0.05, 0.1) is 15.4 Å². The Morgan fingerprint density at radius 1 is 0.970 bits per heavy atom. The molecule has 0 spiro atoms. The highest BCUT2D eigenvalue weighted by atomic mass is 35.5. The minimum Gasteiger partial charge on any atom is -0.322 e. The summed E-state index contributed by atoms with van der Waals surface area (Å²) >= 11 is 5.71. The molecule has 0 aliphatic heterocycles. The molecule has 0 unspecified atom stereocenters. The van der Waals surface area contributed by atoms with Crippen LogP contribution in [0.1, 0.15) is 15.9 Å². The van der Waals surface area contributed by atoms with Gasteiger partial charge < -0.3 is 5.32 Å². The Morgan fingerprint density at radius 2 is 1.64 bits per heavy atom. The number of nitrogens with one attached hydrogen (secondary N) is 2. The number of halogens is 4. The zero-order valence-corrected chi connectivity index (χ0v) is 17.8. The largest absolute Gasteiger partial charge is 0.416 e. The highest BCUT2D eigenvalue weighted by molar-refractivity contribution is 7.92. The van der Waals surface area contributed by atoms with Crippen molar-refractivity contribution in [3.63, 3.8) is 0 Å². The third kappa shape index (κ3) is 5.79. The van der Waals surface area contributed by atoms with Crippen molar-refractivity contribution in [2.75, 3.05) is 10.0 Å². The van der Waals surface area contributed by atoms with Crippen molar-refractivity contribution < 1.29 is 31.3 Å². The van der Waals surface area contributed by atoms with Crippen LogP contribution in [0, 0.1) is 10.1 Å². The summed E-state index contributed by atoms with van der Waals surface area (Å²) in [6, 6.07) is 12.0. The van der Waals surface area contributed by atoms with Crippen LogP contribution < -0.4 is 10.0 Å². The molecule has 8 nitrogen and oxygen atoms in total. The van der Waals surface area contributed by atoms with Gasteiger partial charge in [-0.1, -0.05) is 17.7 Å². The van der Waals surface area contributed by atoms with E-state index in [2.05, 4.69) is 10.0 Å². The van der Waals surface area contributed by atoms with Gasteiger partial charge in [-0.15, -0.1) is 0 Å². The van der Waals surface area contributed by atoms with Gasteiger partial charge >= 0.3 is 6.18 Å². The molecule has 3 aromatic rings. The SMILES string of the molecule is O=C(Nc1ccc(S(=O)(=O)Nc2cccc(C(F)(F)F)c2)cc1)c1ccc(Cl)c([N+](=O)[O-])c1. The number of carbonyl (C=O) groups excluding carboxylic acids is 1. The number of carbonyl (C=O) groups is 1. The molecule has 0 heterocycles. The molecule has 3 rings (SSSR count). The first-order valence-electron chi connectivity index (χ1n) is 8.92. The molecule has 172 valence electrons. The first-order valence-corrected chi connectivity index (χ1v) is 10.8. The molecule has 0 saturated carbocycles. The highest BCUT2D eigenvalue weighted by Gasteiger charge is 2.30. The van der Waals surface area contributed by atoms with Crippen molar-refractivity contribution >= 4 is 44.6 Å². The molecule has 2 N–H and O–H groups in total. The normalized spacial score (nSPS) is 11.6. The Labute approximate surface area is 190 Å². The highest BCUT2D eigenvalue weighted by Crippen LogP contribution is 2.31. The molecule has 0 bridgehead atoms. The van der Waals surface area contributed by atoms with Crippen LogP contribution in [0.3, 0.4) is 0 Å². The topological polar surface area (TPSA) is 118 Å². The Hall–Kier alpha value is -3.64. The summed E-state index contributed by atoms with van der Waals surface area (Å²) in [5.74, 6) is -0.701. The van der Waals surface area contributed by atoms with Crippen LogP contribution in [0.2, 0.25) is 5.02 Å². The average molecular weight is 500 g/mol. The molecule has 0 aliphatic carbocycles. The van der Waals surface area contributed by atoms with Crippen molar-refractivity contribution in [3.8, 4) is 0 Å². The van der Waals surface area contributed by atoms with E-state index in [-0.39, 0.29) is 26.9 Å². The number of nitrogens with zero attached hydrogens (tertiary/aromatic N) is 1. The van der Waals surface area contributed by atoms with Gasteiger partial charge in [-0.2, -0.15) is 13.2 Å². The van der Waals surface area contributed by atoms with Crippen LogP contribution in [-0.4, -0.2) is 19.2 Å². The summed E-state index contributed by atoms with van der Waals surface area (Å²) < 4.78 is 65.5. The number of nitro benzene ring substituents is 1. The quantitative estimate of drug-likeness (QED) is 0.351. The second-order valence-electron chi connectivity index (χ2n) is 6.59. The monoisotopic (exact) mass is 499 g/mol. The fourth-order valence-electron chi connectivity index (χ4n) is 2.69. The summed E-state index contributed by atoms with van der Waals surface area (Å²) in [5.41, 5.74) is -1.61. The van der Waals surface area contributed by atoms with Crippen molar-refractivity contribution in [1.29, 1.82) is 0 Å². The van der Waals surface area contributed by atoms with Gasteiger partial charge in [0, 0.05) is 23.0 Å². The van der Waals surface area contributed by atoms with Crippen LogP contribution in [0.25, 0.3) is 0 Å². The van der Waals surface area contributed by atoms with E-state index < -0.39 is 38.3 Å². The zero-order chi connectivity index (χ0) is 24.4. The van der Waals surface area contributed by atoms with Gasteiger partial charge in [-0.3, -0.25) is 19.6 Å². The number of rotatable bonds is 6. The number of alkyl halides is 3. The number of amides is 1. The third-order valence-corrected chi connectivity index (χ3v) is 5.99. The minimum absolute atomic E-state index is 0.0472. The van der Waals surface area contributed by atoms with Gasteiger partial charge in [0.25, 0.3) is 21.6 Å². The Balaban J connectivity index is 1.75. The molecular formula is C20H13ClF3N3O5S. The van der Waals surface area contributed by atoms with Crippen molar-refractivity contribution in [3.05, 3.63) is 93.0 Å². The van der Waals surface area contributed by atoms with Crippen LogP contribution in [0.5, 0.6) is 0 Å². The number of nitro groups is 1. The Morgan fingerprint density at radius 3 is 2.24 bits per heavy atom. The van der Waals surface area contributed by atoms with E-state index in [9.17, 15) is 36.5 Å². The number of anilines is 2.